The molecule has 36 heavy (non-hydrogen) atoms. The number of aryl methyl sites for hydroxylation is 1. The zero-order valence-electron chi connectivity index (χ0n) is 21.4. The Morgan fingerprint density at radius 2 is 1.78 bits per heavy atom. The molecule has 0 unspecified atom stereocenters. The smallest absolute Gasteiger partial charge is 0.348 e. The van der Waals surface area contributed by atoms with Gasteiger partial charge in [0.05, 0.1) is 24.6 Å². The van der Waals surface area contributed by atoms with Crippen molar-refractivity contribution in [1.82, 2.24) is 9.13 Å². The van der Waals surface area contributed by atoms with Crippen LogP contribution in [0, 0.1) is 6.92 Å². The van der Waals surface area contributed by atoms with Crippen LogP contribution in [0.3, 0.4) is 0 Å². The summed E-state index contributed by atoms with van der Waals surface area (Å²) in [5.41, 5.74) is -2.21. The van der Waals surface area contributed by atoms with Gasteiger partial charge in [-0.25, -0.2) is 19.0 Å². The zero-order chi connectivity index (χ0) is 26.8. The Labute approximate surface area is 212 Å². The van der Waals surface area contributed by atoms with Crippen molar-refractivity contribution >= 4 is 33.5 Å². The van der Waals surface area contributed by atoms with Crippen LogP contribution in [-0.4, -0.2) is 38.9 Å². The average Bonchev–Trinajstić information content (AvgIpc) is 3.18. The number of rotatable bonds is 10. The summed E-state index contributed by atoms with van der Waals surface area (Å²) < 4.78 is 13.5. The van der Waals surface area contributed by atoms with Crippen molar-refractivity contribution < 1.29 is 24.2 Å². The fourth-order valence-corrected chi connectivity index (χ4v) is 5.12. The number of ether oxygens (including phenoxy) is 2. The van der Waals surface area contributed by atoms with Crippen molar-refractivity contribution in [2.45, 2.75) is 72.3 Å². The van der Waals surface area contributed by atoms with E-state index in [9.17, 15) is 24.3 Å². The van der Waals surface area contributed by atoms with Gasteiger partial charge >= 0.3 is 17.6 Å². The van der Waals surface area contributed by atoms with Gasteiger partial charge in [0.15, 0.2) is 0 Å². The molecule has 2 aromatic heterocycles. The van der Waals surface area contributed by atoms with Crippen LogP contribution in [0.4, 0.5) is 0 Å². The first-order chi connectivity index (χ1) is 16.9. The number of esters is 1. The largest absolute Gasteiger partial charge is 0.480 e. The molecule has 0 radical (unpaired) electrons. The van der Waals surface area contributed by atoms with Crippen molar-refractivity contribution in [1.29, 1.82) is 0 Å². The van der Waals surface area contributed by atoms with E-state index in [4.69, 9.17) is 9.47 Å². The Hall–Kier alpha value is -3.24. The van der Waals surface area contributed by atoms with E-state index in [1.54, 1.807) is 13.8 Å². The normalized spacial score (nSPS) is 13.5. The predicted octanol–water partition coefficient (Wildman–Crippen LogP) is 4.09. The van der Waals surface area contributed by atoms with Crippen LogP contribution < -0.4 is 11.2 Å². The number of nitrogens with zero attached hydrogens (tertiary/aromatic N) is 2. The van der Waals surface area contributed by atoms with Gasteiger partial charge < -0.3 is 14.6 Å². The van der Waals surface area contributed by atoms with E-state index >= 15 is 0 Å². The number of carboxylic acids is 1. The summed E-state index contributed by atoms with van der Waals surface area (Å²) in [6, 6.07) is 9.37. The molecule has 1 N–H and O–H groups in total. The number of hydrogen-bond donors (Lipinski definition) is 1. The molecule has 0 amide bonds. The summed E-state index contributed by atoms with van der Waals surface area (Å²) in [6.45, 7) is 9.95. The summed E-state index contributed by atoms with van der Waals surface area (Å²) in [5, 5.41) is 9.96. The highest BCUT2D eigenvalue weighted by atomic mass is 32.1. The summed E-state index contributed by atoms with van der Waals surface area (Å²) in [7, 11) is 0. The average molecular weight is 517 g/mol. The number of carboxylic acid groups (broad SMARTS) is 1. The predicted molar refractivity (Wildman–Crippen MR) is 138 cm³/mol. The van der Waals surface area contributed by atoms with E-state index in [-0.39, 0.29) is 34.3 Å². The maximum absolute atomic E-state index is 13.8. The molecule has 0 aliphatic heterocycles. The molecule has 0 fully saturated rings. The van der Waals surface area contributed by atoms with E-state index in [0.717, 1.165) is 27.9 Å². The number of carbonyl (C=O) groups is 2. The van der Waals surface area contributed by atoms with Gasteiger partial charge in [-0.1, -0.05) is 37.3 Å². The highest BCUT2D eigenvalue weighted by molar-refractivity contribution is 7.20. The van der Waals surface area contributed by atoms with Crippen LogP contribution >= 0.6 is 11.3 Å². The topological polar surface area (TPSA) is 117 Å². The molecule has 0 aliphatic carbocycles. The molecule has 194 valence electrons. The SMILES string of the molecule is CCOC(=O)c1sc2c(c1C)c(=O)n(C(C)(C)C(=O)O)c(=O)n2C[C@@H](O[C@H](C)CC)c1ccccc1. The molecule has 10 heteroatoms. The number of aliphatic carboxylic acids is 1. The molecule has 3 aromatic rings. The quantitative estimate of drug-likeness (QED) is 0.404. The highest BCUT2D eigenvalue weighted by Crippen LogP contribution is 2.31. The standard InChI is InChI=1S/C26H32N2O7S/c1-7-15(3)35-18(17-12-10-9-11-13-17)14-27-22-19(16(4)20(36-22)23(30)34-8-2)21(29)28(25(27)33)26(5,6)24(31)32/h9-13,15,18H,7-8,14H2,1-6H3,(H,31,32)/t15-,18-/m1/s1. The van der Waals surface area contributed by atoms with Crippen molar-refractivity contribution in [3.8, 4) is 0 Å². The van der Waals surface area contributed by atoms with E-state index in [2.05, 4.69) is 0 Å². The molecule has 0 saturated carbocycles. The van der Waals surface area contributed by atoms with Crippen molar-refractivity contribution in [2.24, 2.45) is 0 Å². The number of hydrogen-bond acceptors (Lipinski definition) is 7. The van der Waals surface area contributed by atoms with E-state index < -0.39 is 34.8 Å². The lowest BCUT2D eigenvalue weighted by atomic mass is 10.1. The first-order valence-electron chi connectivity index (χ1n) is 11.9. The highest BCUT2D eigenvalue weighted by Gasteiger charge is 2.36. The molecule has 0 spiro atoms. The van der Waals surface area contributed by atoms with Gasteiger partial charge in [-0.3, -0.25) is 9.36 Å². The summed E-state index contributed by atoms with van der Waals surface area (Å²) >= 11 is 0.989. The molecule has 3 rings (SSSR count). The lowest BCUT2D eigenvalue weighted by Crippen LogP contribution is -2.52. The van der Waals surface area contributed by atoms with Crippen LogP contribution in [0.2, 0.25) is 0 Å². The molecule has 0 bridgehead atoms. The van der Waals surface area contributed by atoms with Crippen molar-refractivity contribution in [3.63, 3.8) is 0 Å². The minimum Gasteiger partial charge on any atom is -0.480 e. The monoisotopic (exact) mass is 516 g/mol. The van der Waals surface area contributed by atoms with Crippen LogP contribution in [0.15, 0.2) is 39.9 Å². The Kier molecular flexibility index (Phi) is 8.20. The Morgan fingerprint density at radius 3 is 2.33 bits per heavy atom. The third-order valence-corrected chi connectivity index (χ3v) is 7.54. The fourth-order valence-electron chi connectivity index (χ4n) is 3.92. The van der Waals surface area contributed by atoms with Gasteiger partial charge in [0.25, 0.3) is 5.56 Å². The zero-order valence-corrected chi connectivity index (χ0v) is 22.2. The van der Waals surface area contributed by atoms with Gasteiger partial charge in [0.1, 0.15) is 21.4 Å². The maximum atomic E-state index is 13.8. The molecule has 9 nitrogen and oxygen atoms in total. The van der Waals surface area contributed by atoms with Gasteiger partial charge in [0, 0.05) is 0 Å². The molecular weight excluding hydrogens is 484 g/mol. The van der Waals surface area contributed by atoms with Crippen molar-refractivity contribution in [3.05, 3.63) is 67.2 Å². The van der Waals surface area contributed by atoms with E-state index in [1.807, 2.05) is 44.2 Å². The first-order valence-corrected chi connectivity index (χ1v) is 12.7. The Morgan fingerprint density at radius 1 is 1.14 bits per heavy atom. The molecule has 0 aliphatic rings. The van der Waals surface area contributed by atoms with Crippen LogP contribution in [-0.2, 0) is 26.4 Å². The first kappa shape index (κ1) is 27.3. The van der Waals surface area contributed by atoms with Gasteiger partial charge in [-0.15, -0.1) is 11.3 Å². The lowest BCUT2D eigenvalue weighted by Gasteiger charge is -2.26. The summed E-state index contributed by atoms with van der Waals surface area (Å²) in [5.74, 6) is -1.93. The Balaban J connectivity index is 2.37. The Bertz CT molecular complexity index is 1390. The minimum absolute atomic E-state index is 0.0158. The summed E-state index contributed by atoms with van der Waals surface area (Å²) in [4.78, 5) is 52.5. The second kappa shape index (κ2) is 10.8. The maximum Gasteiger partial charge on any atom is 0.348 e. The van der Waals surface area contributed by atoms with Gasteiger partial charge in [0.2, 0.25) is 0 Å². The number of carbonyl (C=O) groups excluding carboxylic acids is 1. The molecule has 1 aromatic carbocycles. The lowest BCUT2D eigenvalue weighted by molar-refractivity contribution is -0.146. The van der Waals surface area contributed by atoms with Crippen LogP contribution in [0.25, 0.3) is 10.2 Å². The van der Waals surface area contributed by atoms with Gasteiger partial charge in [-0.2, -0.15) is 0 Å². The third kappa shape index (κ3) is 5.01. The molecule has 0 saturated heterocycles. The number of aromatic nitrogens is 2. The molecular formula is C26H32N2O7S. The van der Waals surface area contributed by atoms with E-state index in [1.165, 1.54) is 18.4 Å². The van der Waals surface area contributed by atoms with Crippen molar-refractivity contribution in [2.75, 3.05) is 6.61 Å². The van der Waals surface area contributed by atoms with Crippen LogP contribution in [0.1, 0.15) is 67.9 Å². The summed E-state index contributed by atoms with van der Waals surface area (Å²) in [6.07, 6.45) is 0.0573. The fraction of sp³-hybridized carbons (Fsp3) is 0.462. The number of benzene rings is 1. The molecule has 2 atom stereocenters. The van der Waals surface area contributed by atoms with Gasteiger partial charge in [-0.05, 0) is 52.2 Å². The van der Waals surface area contributed by atoms with Crippen LogP contribution in [0.5, 0.6) is 0 Å². The minimum atomic E-state index is -1.83. The second-order valence-electron chi connectivity index (χ2n) is 9.11. The third-order valence-electron chi connectivity index (χ3n) is 6.25. The number of fused-ring (bicyclic) bond motifs is 1. The molecule has 2 heterocycles. The second-order valence-corrected chi connectivity index (χ2v) is 10.1. The van der Waals surface area contributed by atoms with E-state index in [0.29, 0.717) is 5.56 Å². The number of thiophene rings is 1.